The molecule has 0 unspecified atom stereocenters. The number of aromatic nitrogens is 1. The molecule has 0 bridgehead atoms. The summed E-state index contributed by atoms with van der Waals surface area (Å²) in [6, 6.07) is 8.19. The molecular weight excluding hydrogens is 374 g/mol. The molecular formula is C22H21NO2S2. The average molecular weight is 396 g/mol. The number of para-hydroxylation sites is 1. The molecule has 138 valence electrons. The van der Waals surface area contributed by atoms with E-state index in [0.717, 1.165) is 39.6 Å². The van der Waals surface area contributed by atoms with Crippen molar-refractivity contribution in [3.8, 4) is 0 Å². The summed E-state index contributed by atoms with van der Waals surface area (Å²) in [4.78, 5) is 17.7. The van der Waals surface area contributed by atoms with E-state index < -0.39 is 5.60 Å². The minimum absolute atomic E-state index is 0.111. The lowest BCUT2D eigenvalue weighted by Crippen LogP contribution is -2.49. The summed E-state index contributed by atoms with van der Waals surface area (Å²) in [6.07, 6.45) is 3.76. The van der Waals surface area contributed by atoms with Gasteiger partial charge in [0.15, 0.2) is 10.1 Å². The first-order valence-electron chi connectivity index (χ1n) is 9.24. The highest BCUT2D eigenvalue weighted by atomic mass is 32.2. The standard InChI is InChI=1S/C22H21NO2S2/c1-12-10-14-18(13(2)22(8-9-22)21(3,25)19(14)24)15(12)11-26-20-23-16-6-4-5-7-17(16)27-20/h4-7,10,25H,8-9,11H2,1-3H3/t21-/m0/s1. The molecule has 1 N–H and O–H groups in total. The minimum Gasteiger partial charge on any atom is -0.381 e. The van der Waals surface area contributed by atoms with Crippen LogP contribution in [0.2, 0.25) is 0 Å². The van der Waals surface area contributed by atoms with Gasteiger partial charge in [-0.3, -0.25) is 4.79 Å². The second-order valence-corrected chi connectivity index (χ2v) is 10.2. The predicted octanol–water partition coefficient (Wildman–Crippen LogP) is 5.08. The smallest absolute Gasteiger partial charge is 0.195 e. The molecule has 0 saturated heterocycles. The number of thioether (sulfide) groups is 1. The number of Topliss-reactive ketones (excluding diaryl/α,β-unsaturated/α-hetero) is 1. The lowest BCUT2D eigenvalue weighted by Gasteiger charge is -2.39. The zero-order chi connectivity index (χ0) is 19.0. The maximum Gasteiger partial charge on any atom is 0.195 e. The van der Waals surface area contributed by atoms with E-state index in [1.54, 1.807) is 30.0 Å². The topological polar surface area (TPSA) is 50.2 Å². The van der Waals surface area contributed by atoms with Gasteiger partial charge < -0.3 is 5.11 Å². The van der Waals surface area contributed by atoms with Crippen molar-refractivity contribution in [3.63, 3.8) is 0 Å². The van der Waals surface area contributed by atoms with Crippen molar-refractivity contribution in [2.24, 2.45) is 5.41 Å². The number of carbonyl (C=O) groups excluding carboxylic acids is 1. The number of rotatable bonds is 3. The highest BCUT2D eigenvalue weighted by Crippen LogP contribution is 2.65. The zero-order valence-corrected chi connectivity index (χ0v) is 17.3. The van der Waals surface area contributed by atoms with Gasteiger partial charge in [-0.1, -0.05) is 29.5 Å². The molecule has 2 aromatic rings. The number of hydrogen-bond donors (Lipinski definition) is 1. The van der Waals surface area contributed by atoms with Crippen LogP contribution in [-0.2, 0) is 4.79 Å². The second-order valence-electron chi connectivity index (χ2n) is 7.94. The van der Waals surface area contributed by atoms with Crippen LogP contribution in [0, 0.1) is 5.41 Å². The normalized spacial score (nSPS) is 26.2. The second kappa shape index (κ2) is 5.66. The summed E-state index contributed by atoms with van der Waals surface area (Å²) in [6.45, 7) is 5.88. The fraction of sp³-hybridized carbons (Fsp3) is 0.364. The van der Waals surface area contributed by atoms with Crippen LogP contribution in [0.5, 0.6) is 0 Å². The number of aliphatic hydroxyl groups is 1. The lowest BCUT2D eigenvalue weighted by atomic mass is 9.67. The molecule has 3 nitrogen and oxygen atoms in total. The monoisotopic (exact) mass is 395 g/mol. The molecule has 1 aromatic carbocycles. The molecule has 1 saturated carbocycles. The van der Waals surface area contributed by atoms with E-state index in [1.165, 1.54) is 15.8 Å². The summed E-state index contributed by atoms with van der Waals surface area (Å²) >= 11 is 3.45. The Morgan fingerprint density at radius 3 is 2.70 bits per heavy atom. The Morgan fingerprint density at radius 1 is 1.26 bits per heavy atom. The molecule has 0 radical (unpaired) electrons. The van der Waals surface area contributed by atoms with Gasteiger partial charge in [-0.05, 0) is 68.5 Å². The van der Waals surface area contributed by atoms with Gasteiger partial charge in [0.25, 0.3) is 0 Å². The van der Waals surface area contributed by atoms with Crippen LogP contribution in [0.1, 0.15) is 33.6 Å². The van der Waals surface area contributed by atoms with Gasteiger partial charge in [-0.15, -0.1) is 11.3 Å². The molecule has 0 amide bonds. The van der Waals surface area contributed by atoms with Crippen LogP contribution in [0.25, 0.3) is 10.2 Å². The first-order valence-corrected chi connectivity index (χ1v) is 11.0. The Labute approximate surface area is 166 Å². The third-order valence-electron chi connectivity index (χ3n) is 6.48. The number of allylic oxidation sites excluding steroid dienone is 3. The number of hydrogen-bond acceptors (Lipinski definition) is 5. The maximum absolute atomic E-state index is 13.0. The van der Waals surface area contributed by atoms with Gasteiger partial charge in [0, 0.05) is 16.7 Å². The summed E-state index contributed by atoms with van der Waals surface area (Å²) < 4.78 is 2.26. The first kappa shape index (κ1) is 17.4. The maximum atomic E-state index is 13.0. The molecule has 0 aliphatic heterocycles. The van der Waals surface area contributed by atoms with Crippen LogP contribution >= 0.6 is 23.1 Å². The molecule has 1 spiro atoms. The third kappa shape index (κ3) is 2.31. The van der Waals surface area contributed by atoms with Gasteiger partial charge >= 0.3 is 0 Å². The molecule has 27 heavy (non-hydrogen) atoms. The Bertz CT molecular complexity index is 1060. The van der Waals surface area contributed by atoms with Gasteiger partial charge in [-0.25, -0.2) is 4.98 Å². The molecule has 1 fully saturated rings. The molecule has 5 rings (SSSR count). The Balaban J connectivity index is 1.49. The number of thiazole rings is 1. The Kier molecular flexibility index (Phi) is 3.65. The number of carbonyl (C=O) groups is 1. The summed E-state index contributed by atoms with van der Waals surface area (Å²) in [7, 11) is 0. The van der Waals surface area contributed by atoms with Crippen LogP contribution in [-0.4, -0.2) is 27.2 Å². The largest absolute Gasteiger partial charge is 0.381 e. The van der Waals surface area contributed by atoms with E-state index in [0.29, 0.717) is 5.57 Å². The van der Waals surface area contributed by atoms with E-state index in [-0.39, 0.29) is 11.2 Å². The fourth-order valence-electron chi connectivity index (χ4n) is 4.65. The van der Waals surface area contributed by atoms with Crippen LogP contribution in [0.4, 0.5) is 0 Å². The summed E-state index contributed by atoms with van der Waals surface area (Å²) in [5.41, 5.74) is 4.75. The van der Waals surface area contributed by atoms with E-state index in [2.05, 4.69) is 19.9 Å². The number of ketones is 1. The molecule has 1 aromatic heterocycles. The highest BCUT2D eigenvalue weighted by Gasteiger charge is 2.64. The molecule has 3 aliphatic carbocycles. The molecule has 1 atom stereocenters. The summed E-state index contributed by atoms with van der Waals surface area (Å²) in [5, 5.41) is 11.0. The Morgan fingerprint density at radius 2 is 2.00 bits per heavy atom. The van der Waals surface area contributed by atoms with Crippen molar-refractivity contribution in [3.05, 3.63) is 58.2 Å². The van der Waals surface area contributed by atoms with Crippen molar-refractivity contribution < 1.29 is 9.90 Å². The summed E-state index contributed by atoms with van der Waals surface area (Å²) in [5.74, 6) is 0.684. The third-order valence-corrected chi connectivity index (χ3v) is 8.69. The SMILES string of the molecule is CC1=C(CSc2nc3ccccc3s2)C2=C(C)C3(CC3)[C@@](C)(O)C(=O)C2=C1. The predicted molar refractivity (Wildman–Crippen MR) is 111 cm³/mol. The van der Waals surface area contributed by atoms with Gasteiger partial charge in [0.1, 0.15) is 5.60 Å². The highest BCUT2D eigenvalue weighted by molar-refractivity contribution is 8.01. The zero-order valence-electron chi connectivity index (χ0n) is 15.6. The fourth-order valence-corrected chi connectivity index (χ4v) is 6.83. The van der Waals surface area contributed by atoms with Crippen molar-refractivity contribution >= 4 is 39.1 Å². The van der Waals surface area contributed by atoms with Crippen LogP contribution in [0.15, 0.2) is 62.5 Å². The van der Waals surface area contributed by atoms with Crippen molar-refractivity contribution in [1.82, 2.24) is 4.98 Å². The van der Waals surface area contributed by atoms with Crippen molar-refractivity contribution in [1.29, 1.82) is 0 Å². The molecule has 3 aliphatic rings. The molecule has 1 heterocycles. The number of fused-ring (bicyclic) bond motifs is 2. The molecule has 5 heteroatoms. The number of benzene rings is 1. The van der Waals surface area contributed by atoms with E-state index in [1.807, 2.05) is 24.3 Å². The van der Waals surface area contributed by atoms with Crippen molar-refractivity contribution in [2.75, 3.05) is 5.75 Å². The Hall–Kier alpha value is -1.69. The van der Waals surface area contributed by atoms with E-state index >= 15 is 0 Å². The van der Waals surface area contributed by atoms with Gasteiger partial charge in [-0.2, -0.15) is 0 Å². The van der Waals surface area contributed by atoms with E-state index in [9.17, 15) is 9.90 Å². The number of nitrogens with zero attached hydrogens (tertiary/aromatic N) is 1. The van der Waals surface area contributed by atoms with Gasteiger partial charge in [0.05, 0.1) is 10.2 Å². The van der Waals surface area contributed by atoms with Crippen LogP contribution in [0.3, 0.4) is 0 Å². The van der Waals surface area contributed by atoms with Crippen molar-refractivity contribution in [2.45, 2.75) is 43.6 Å². The minimum atomic E-state index is -1.28. The lowest BCUT2D eigenvalue weighted by molar-refractivity contribution is -0.137. The first-order chi connectivity index (χ1) is 12.8. The quantitative estimate of drug-likeness (QED) is 0.737. The van der Waals surface area contributed by atoms with E-state index in [4.69, 9.17) is 4.98 Å². The average Bonchev–Trinajstić information content (AvgIpc) is 3.26. The van der Waals surface area contributed by atoms with Gasteiger partial charge in [0.2, 0.25) is 0 Å². The van der Waals surface area contributed by atoms with Crippen LogP contribution < -0.4 is 0 Å².